The Kier molecular flexibility index (Phi) is 6.78. The molecule has 4 heteroatoms. The lowest BCUT2D eigenvalue weighted by molar-refractivity contribution is -0.145. The van der Waals surface area contributed by atoms with E-state index in [-0.39, 0.29) is 29.2 Å². The fourth-order valence-corrected chi connectivity index (χ4v) is 5.08. The van der Waals surface area contributed by atoms with Crippen molar-refractivity contribution in [2.75, 3.05) is 13.2 Å². The molecule has 0 amide bonds. The minimum Gasteiger partial charge on any atom is -0.508 e. The third-order valence-electron chi connectivity index (χ3n) is 5.66. The van der Waals surface area contributed by atoms with Gasteiger partial charge in [-0.25, -0.2) is 4.79 Å². The van der Waals surface area contributed by atoms with E-state index in [9.17, 15) is 9.90 Å². The summed E-state index contributed by atoms with van der Waals surface area (Å²) in [5.41, 5.74) is 5.31. The van der Waals surface area contributed by atoms with Crippen LogP contribution in [0.2, 0.25) is 0 Å². The minimum absolute atomic E-state index is 0.0958. The first-order valence-electron chi connectivity index (χ1n) is 11.0. The number of phenols is 1. The molecule has 2 aromatic rings. The third-order valence-corrected chi connectivity index (χ3v) is 5.66. The van der Waals surface area contributed by atoms with Crippen molar-refractivity contribution in [1.29, 1.82) is 0 Å². The Morgan fingerprint density at radius 2 is 1.42 bits per heavy atom. The molecule has 0 spiro atoms. The normalized spacial score (nSPS) is 17.1. The highest BCUT2D eigenvalue weighted by molar-refractivity contribution is 5.83. The van der Waals surface area contributed by atoms with Gasteiger partial charge in [-0.05, 0) is 78.0 Å². The molecule has 0 saturated heterocycles. The van der Waals surface area contributed by atoms with Gasteiger partial charge in [0, 0.05) is 0 Å². The Hall–Kier alpha value is -2.75. The lowest BCUT2D eigenvalue weighted by Crippen LogP contribution is -2.30. The van der Waals surface area contributed by atoms with Gasteiger partial charge in [0.1, 0.15) is 11.5 Å². The van der Waals surface area contributed by atoms with Crippen molar-refractivity contribution < 1.29 is 19.4 Å². The van der Waals surface area contributed by atoms with Crippen LogP contribution in [0.15, 0.2) is 54.1 Å². The van der Waals surface area contributed by atoms with Crippen molar-refractivity contribution in [3.8, 4) is 11.5 Å². The largest absolute Gasteiger partial charge is 0.508 e. The van der Waals surface area contributed by atoms with Gasteiger partial charge in [-0.1, -0.05) is 57.5 Å². The van der Waals surface area contributed by atoms with E-state index in [1.54, 1.807) is 19.1 Å². The summed E-state index contributed by atoms with van der Waals surface area (Å²) in [5, 5.41) is 9.79. The number of hydrogen-bond donors (Lipinski definition) is 1. The number of ether oxygens (including phenoxy) is 2. The molecule has 0 aromatic heterocycles. The highest BCUT2D eigenvalue weighted by Gasteiger charge is 2.37. The molecule has 0 aliphatic heterocycles. The Labute approximate surface area is 185 Å². The summed E-state index contributed by atoms with van der Waals surface area (Å²) in [5.74, 6) is 0.529. The molecule has 0 unspecified atom stereocenters. The number of esters is 1. The van der Waals surface area contributed by atoms with Crippen LogP contribution in [0.1, 0.15) is 65.0 Å². The van der Waals surface area contributed by atoms with Crippen LogP contribution in [0, 0.1) is 10.8 Å². The smallest absolute Gasteiger partial charge is 0.344 e. The van der Waals surface area contributed by atoms with E-state index in [4.69, 9.17) is 9.47 Å². The Balaban J connectivity index is 1.98. The summed E-state index contributed by atoms with van der Waals surface area (Å²) in [4.78, 5) is 11.6. The van der Waals surface area contributed by atoms with Crippen LogP contribution in [0.5, 0.6) is 11.5 Å². The molecule has 166 valence electrons. The van der Waals surface area contributed by atoms with Gasteiger partial charge in [0.2, 0.25) is 0 Å². The molecule has 1 fully saturated rings. The molecule has 1 N–H and O–H groups in total. The first kappa shape index (κ1) is 22.9. The maximum atomic E-state index is 11.6. The van der Waals surface area contributed by atoms with Crippen molar-refractivity contribution in [3.05, 3.63) is 65.2 Å². The summed E-state index contributed by atoms with van der Waals surface area (Å²) >= 11 is 0. The Morgan fingerprint density at radius 1 is 0.903 bits per heavy atom. The number of rotatable bonds is 6. The van der Waals surface area contributed by atoms with E-state index in [2.05, 4.69) is 27.7 Å². The molecule has 0 atom stereocenters. The molecule has 1 saturated carbocycles. The average Bonchev–Trinajstić information content (AvgIpc) is 2.67. The number of benzene rings is 2. The number of phenolic OH excluding ortho intramolecular Hbond substituents is 1. The van der Waals surface area contributed by atoms with Crippen LogP contribution in [-0.4, -0.2) is 24.3 Å². The van der Waals surface area contributed by atoms with E-state index in [0.29, 0.717) is 12.4 Å². The standard InChI is InChI=1S/C27H34O4/c1-6-30-24(29)17-31-23-13-9-20(10-14-23)25(19-7-11-22(28)12-8-19)21-15-26(2,3)18-27(4,5)16-21/h7-14,28H,6,15-18H2,1-5H3. The first-order valence-corrected chi connectivity index (χ1v) is 11.0. The molecular formula is C27H34O4. The molecule has 4 nitrogen and oxygen atoms in total. The van der Waals surface area contributed by atoms with E-state index in [0.717, 1.165) is 24.0 Å². The van der Waals surface area contributed by atoms with Crippen molar-refractivity contribution in [2.24, 2.45) is 10.8 Å². The zero-order chi connectivity index (χ0) is 22.6. The lowest BCUT2D eigenvalue weighted by atomic mass is 9.62. The van der Waals surface area contributed by atoms with Crippen LogP contribution in [0.3, 0.4) is 0 Å². The van der Waals surface area contributed by atoms with Gasteiger partial charge in [0.15, 0.2) is 6.61 Å². The van der Waals surface area contributed by atoms with Gasteiger partial charge < -0.3 is 14.6 Å². The summed E-state index contributed by atoms with van der Waals surface area (Å²) < 4.78 is 10.5. The van der Waals surface area contributed by atoms with Crippen molar-refractivity contribution in [2.45, 2.75) is 53.9 Å². The van der Waals surface area contributed by atoms with Crippen LogP contribution in [0.4, 0.5) is 0 Å². The molecule has 31 heavy (non-hydrogen) atoms. The van der Waals surface area contributed by atoms with Crippen LogP contribution >= 0.6 is 0 Å². The van der Waals surface area contributed by atoms with Crippen molar-refractivity contribution in [1.82, 2.24) is 0 Å². The monoisotopic (exact) mass is 422 g/mol. The van der Waals surface area contributed by atoms with E-state index in [1.807, 2.05) is 36.4 Å². The zero-order valence-electron chi connectivity index (χ0n) is 19.3. The molecule has 3 rings (SSSR count). The fourth-order valence-electron chi connectivity index (χ4n) is 5.08. The Bertz CT molecular complexity index is 916. The Morgan fingerprint density at radius 3 is 1.94 bits per heavy atom. The minimum atomic E-state index is -0.370. The number of carbonyl (C=O) groups excluding carboxylic acids is 1. The second-order valence-electron chi connectivity index (χ2n) is 10.0. The number of aromatic hydroxyl groups is 1. The molecular weight excluding hydrogens is 388 g/mol. The number of allylic oxidation sites excluding steroid dienone is 1. The zero-order valence-corrected chi connectivity index (χ0v) is 19.3. The fraction of sp³-hybridized carbons (Fsp3) is 0.444. The summed E-state index contributed by atoms with van der Waals surface area (Å²) in [6.07, 6.45) is 3.26. The predicted octanol–water partition coefficient (Wildman–Crippen LogP) is 6.37. The predicted molar refractivity (Wildman–Crippen MR) is 124 cm³/mol. The second-order valence-corrected chi connectivity index (χ2v) is 10.0. The molecule has 2 aromatic carbocycles. The summed E-state index contributed by atoms with van der Waals surface area (Å²) in [7, 11) is 0. The highest BCUT2D eigenvalue weighted by Crippen LogP contribution is 2.50. The average molecular weight is 423 g/mol. The van der Waals surface area contributed by atoms with Crippen molar-refractivity contribution >= 4 is 11.5 Å². The number of hydrogen-bond acceptors (Lipinski definition) is 4. The maximum Gasteiger partial charge on any atom is 0.344 e. The quantitative estimate of drug-likeness (QED) is 0.549. The molecule has 0 bridgehead atoms. The van der Waals surface area contributed by atoms with E-state index < -0.39 is 0 Å². The van der Waals surface area contributed by atoms with Crippen LogP contribution in [-0.2, 0) is 9.53 Å². The summed E-state index contributed by atoms with van der Waals surface area (Å²) in [6, 6.07) is 15.3. The third kappa shape index (κ3) is 6.13. The van der Waals surface area contributed by atoms with E-state index >= 15 is 0 Å². The van der Waals surface area contributed by atoms with E-state index in [1.165, 1.54) is 17.6 Å². The SMILES string of the molecule is CCOC(=O)COc1ccc(C(=C2CC(C)(C)CC(C)(C)C2)c2ccc(O)cc2)cc1. The van der Waals surface area contributed by atoms with Gasteiger partial charge in [0.25, 0.3) is 0 Å². The number of carbonyl (C=O) groups is 1. The van der Waals surface area contributed by atoms with Gasteiger partial charge in [-0.15, -0.1) is 0 Å². The maximum absolute atomic E-state index is 11.6. The summed E-state index contributed by atoms with van der Waals surface area (Å²) in [6.45, 7) is 11.4. The van der Waals surface area contributed by atoms with Gasteiger partial charge in [0.05, 0.1) is 6.61 Å². The van der Waals surface area contributed by atoms with Gasteiger partial charge >= 0.3 is 5.97 Å². The van der Waals surface area contributed by atoms with Gasteiger partial charge in [-0.3, -0.25) is 0 Å². The second kappa shape index (κ2) is 9.17. The van der Waals surface area contributed by atoms with Gasteiger partial charge in [-0.2, -0.15) is 0 Å². The van der Waals surface area contributed by atoms with Crippen LogP contribution in [0.25, 0.3) is 5.57 Å². The topological polar surface area (TPSA) is 55.8 Å². The van der Waals surface area contributed by atoms with Crippen molar-refractivity contribution in [3.63, 3.8) is 0 Å². The first-order chi connectivity index (χ1) is 14.6. The molecule has 0 heterocycles. The lowest BCUT2D eigenvalue weighted by Gasteiger charge is -2.43. The molecule has 1 aliphatic rings. The molecule has 1 aliphatic carbocycles. The van der Waals surface area contributed by atoms with Crippen LogP contribution < -0.4 is 4.74 Å². The molecule has 0 radical (unpaired) electrons. The highest BCUT2D eigenvalue weighted by atomic mass is 16.6.